The molecule has 4 heterocycles. The predicted molar refractivity (Wildman–Crippen MR) is 139 cm³/mol. The van der Waals surface area contributed by atoms with Crippen molar-refractivity contribution in [2.45, 2.75) is 70.6 Å². The Kier molecular flexibility index (Phi) is 6.77. The van der Waals surface area contributed by atoms with Gasteiger partial charge in [0.15, 0.2) is 5.69 Å². The van der Waals surface area contributed by atoms with Gasteiger partial charge < -0.3 is 9.80 Å². The van der Waals surface area contributed by atoms with E-state index in [-0.39, 0.29) is 6.04 Å². The van der Waals surface area contributed by atoms with Crippen molar-refractivity contribution in [3.63, 3.8) is 0 Å². The fraction of sp³-hybridized carbons (Fsp3) is 0.536. The Bertz CT molecular complexity index is 1210. The van der Waals surface area contributed by atoms with Crippen LogP contribution in [0.2, 0.25) is 0 Å². The summed E-state index contributed by atoms with van der Waals surface area (Å²) in [6, 6.07) is 14.2. The van der Waals surface area contributed by atoms with Gasteiger partial charge in [-0.05, 0) is 83.8 Å². The van der Waals surface area contributed by atoms with Crippen LogP contribution in [0, 0.1) is 11.3 Å². The molecule has 0 bridgehead atoms. The molecule has 0 unspecified atom stereocenters. The average Bonchev–Trinajstić information content (AvgIpc) is 3.24. The van der Waals surface area contributed by atoms with Crippen LogP contribution in [-0.2, 0) is 13.0 Å². The highest BCUT2D eigenvalue weighted by atomic mass is 15.3. The summed E-state index contributed by atoms with van der Waals surface area (Å²) in [5, 5.41) is 10.3. The first kappa shape index (κ1) is 23.8. The molecule has 184 valence electrons. The highest BCUT2D eigenvalue weighted by Gasteiger charge is 2.31. The van der Waals surface area contributed by atoms with E-state index in [1.54, 1.807) is 0 Å². The van der Waals surface area contributed by atoms with Crippen molar-refractivity contribution in [3.8, 4) is 6.07 Å². The normalized spacial score (nSPS) is 19.0. The zero-order chi connectivity index (χ0) is 24.5. The van der Waals surface area contributed by atoms with Crippen LogP contribution in [0.3, 0.4) is 0 Å². The minimum atomic E-state index is 0.251. The molecule has 1 aliphatic carbocycles. The number of hydrogen-bond acceptors (Lipinski definition) is 6. The van der Waals surface area contributed by atoms with E-state index in [0.717, 1.165) is 62.4 Å². The first-order valence-electron chi connectivity index (χ1n) is 13.0. The van der Waals surface area contributed by atoms with E-state index in [2.05, 4.69) is 71.3 Å². The standard InChI is InChI=1S/C28H37N7/c1-20(2)34(24-10-5-8-21-9-7-15-30-28(21)24)19-23-25(18-29)35-26(31-23)11-6-12-27(35)33-16-13-22(14-17-33)32(3)4/h6-7,9,11-12,15,20,22,24H,5,8,10,13-14,16-17,19H2,1-4H3/t24-/m0/s1. The molecule has 2 aliphatic rings. The summed E-state index contributed by atoms with van der Waals surface area (Å²) in [7, 11) is 4.33. The molecule has 0 spiro atoms. The quantitative estimate of drug-likeness (QED) is 0.530. The molecule has 1 atom stereocenters. The molecule has 35 heavy (non-hydrogen) atoms. The largest absolute Gasteiger partial charge is 0.358 e. The van der Waals surface area contributed by atoms with E-state index in [9.17, 15) is 5.26 Å². The minimum absolute atomic E-state index is 0.251. The SMILES string of the molecule is CC(C)N(Cc1nc2cccc(N3CCC(N(C)C)CC3)n2c1C#N)[C@H]1CCCc2cccnc21. The van der Waals surface area contributed by atoms with Crippen LogP contribution in [0.4, 0.5) is 5.82 Å². The molecular formula is C28H37N7. The predicted octanol–water partition coefficient (Wildman–Crippen LogP) is 4.42. The van der Waals surface area contributed by atoms with Gasteiger partial charge in [-0.3, -0.25) is 14.3 Å². The van der Waals surface area contributed by atoms with Gasteiger partial charge in [-0.15, -0.1) is 0 Å². The number of pyridine rings is 2. The van der Waals surface area contributed by atoms with E-state index < -0.39 is 0 Å². The number of anilines is 1. The highest BCUT2D eigenvalue weighted by molar-refractivity contribution is 5.57. The fourth-order valence-corrected chi connectivity index (χ4v) is 5.94. The molecule has 1 aliphatic heterocycles. The number of rotatable bonds is 6. The Hall–Kier alpha value is -2.95. The maximum Gasteiger partial charge on any atom is 0.150 e. The number of aryl methyl sites for hydroxylation is 1. The summed E-state index contributed by atoms with van der Waals surface area (Å²) >= 11 is 0. The summed E-state index contributed by atoms with van der Waals surface area (Å²) in [6.07, 6.45) is 7.51. The maximum atomic E-state index is 10.3. The van der Waals surface area contributed by atoms with Gasteiger partial charge in [-0.1, -0.05) is 12.1 Å². The second-order valence-corrected chi connectivity index (χ2v) is 10.5. The molecule has 0 aromatic carbocycles. The molecule has 0 N–H and O–H groups in total. The minimum Gasteiger partial charge on any atom is -0.358 e. The van der Waals surface area contributed by atoms with Crippen molar-refractivity contribution < 1.29 is 0 Å². The van der Waals surface area contributed by atoms with Gasteiger partial charge in [0.25, 0.3) is 0 Å². The Morgan fingerprint density at radius 3 is 2.63 bits per heavy atom. The van der Waals surface area contributed by atoms with Crippen LogP contribution >= 0.6 is 0 Å². The van der Waals surface area contributed by atoms with Crippen molar-refractivity contribution in [2.75, 3.05) is 32.1 Å². The van der Waals surface area contributed by atoms with Crippen molar-refractivity contribution in [1.82, 2.24) is 24.2 Å². The molecule has 5 rings (SSSR count). The Balaban J connectivity index is 1.48. The number of nitrogens with zero attached hydrogens (tertiary/aromatic N) is 7. The van der Waals surface area contributed by atoms with Gasteiger partial charge in [0.2, 0.25) is 0 Å². The van der Waals surface area contributed by atoms with Crippen LogP contribution in [0.5, 0.6) is 0 Å². The van der Waals surface area contributed by atoms with Crippen molar-refractivity contribution in [2.24, 2.45) is 0 Å². The average molecular weight is 472 g/mol. The molecule has 7 nitrogen and oxygen atoms in total. The third-order valence-corrected chi connectivity index (χ3v) is 7.88. The topological polar surface area (TPSA) is 63.7 Å². The number of fused-ring (bicyclic) bond motifs is 2. The third-order valence-electron chi connectivity index (χ3n) is 7.88. The van der Waals surface area contributed by atoms with E-state index >= 15 is 0 Å². The summed E-state index contributed by atoms with van der Waals surface area (Å²) in [4.78, 5) is 17.0. The van der Waals surface area contributed by atoms with Gasteiger partial charge in [0.1, 0.15) is 17.5 Å². The zero-order valence-electron chi connectivity index (χ0n) is 21.5. The molecule has 0 saturated carbocycles. The fourth-order valence-electron chi connectivity index (χ4n) is 5.94. The van der Waals surface area contributed by atoms with E-state index in [4.69, 9.17) is 9.97 Å². The van der Waals surface area contributed by atoms with E-state index in [0.29, 0.717) is 24.3 Å². The van der Waals surface area contributed by atoms with Crippen LogP contribution in [-0.4, -0.2) is 63.4 Å². The van der Waals surface area contributed by atoms with E-state index in [1.807, 2.05) is 18.3 Å². The zero-order valence-corrected chi connectivity index (χ0v) is 21.5. The van der Waals surface area contributed by atoms with Crippen LogP contribution in [0.1, 0.15) is 68.2 Å². The molecule has 1 fully saturated rings. The number of imidazole rings is 1. The first-order valence-corrected chi connectivity index (χ1v) is 13.0. The lowest BCUT2D eigenvalue weighted by molar-refractivity contribution is 0.124. The van der Waals surface area contributed by atoms with Gasteiger partial charge >= 0.3 is 0 Å². The third kappa shape index (κ3) is 4.53. The molecule has 3 aromatic rings. The van der Waals surface area contributed by atoms with E-state index in [1.165, 1.54) is 11.3 Å². The van der Waals surface area contributed by atoms with Crippen LogP contribution in [0.25, 0.3) is 5.65 Å². The second-order valence-electron chi connectivity index (χ2n) is 10.5. The first-order chi connectivity index (χ1) is 17.0. The molecular weight excluding hydrogens is 434 g/mol. The second kappa shape index (κ2) is 9.96. The monoisotopic (exact) mass is 471 g/mol. The molecule has 1 saturated heterocycles. The van der Waals surface area contributed by atoms with Crippen molar-refractivity contribution in [3.05, 3.63) is 59.2 Å². The van der Waals surface area contributed by atoms with Gasteiger partial charge in [0, 0.05) is 37.9 Å². The Morgan fingerprint density at radius 1 is 1.11 bits per heavy atom. The van der Waals surface area contributed by atoms with Crippen LogP contribution in [0.15, 0.2) is 36.5 Å². The van der Waals surface area contributed by atoms with Crippen LogP contribution < -0.4 is 4.90 Å². The lowest BCUT2D eigenvalue weighted by atomic mass is 9.90. The number of hydrogen-bond donors (Lipinski definition) is 0. The molecule has 3 aromatic heterocycles. The van der Waals surface area contributed by atoms with Crippen molar-refractivity contribution >= 4 is 11.5 Å². The molecule has 0 amide bonds. The van der Waals surface area contributed by atoms with Gasteiger partial charge in [-0.2, -0.15) is 5.26 Å². The number of piperidine rings is 1. The number of nitriles is 1. The maximum absolute atomic E-state index is 10.3. The highest BCUT2D eigenvalue weighted by Crippen LogP contribution is 2.35. The number of aromatic nitrogens is 3. The van der Waals surface area contributed by atoms with Crippen molar-refractivity contribution in [1.29, 1.82) is 5.26 Å². The summed E-state index contributed by atoms with van der Waals surface area (Å²) in [6.45, 7) is 7.09. The summed E-state index contributed by atoms with van der Waals surface area (Å²) in [5.41, 5.74) is 4.93. The smallest absolute Gasteiger partial charge is 0.150 e. The summed E-state index contributed by atoms with van der Waals surface area (Å²) in [5.74, 6) is 1.08. The lowest BCUT2D eigenvalue weighted by Gasteiger charge is -2.37. The van der Waals surface area contributed by atoms with Gasteiger partial charge in [-0.25, -0.2) is 4.98 Å². The molecule has 7 heteroatoms. The molecule has 0 radical (unpaired) electrons. The Morgan fingerprint density at radius 2 is 1.91 bits per heavy atom. The lowest BCUT2D eigenvalue weighted by Crippen LogP contribution is -2.42. The summed E-state index contributed by atoms with van der Waals surface area (Å²) < 4.78 is 2.08. The van der Waals surface area contributed by atoms with Gasteiger partial charge in [0.05, 0.1) is 17.4 Å². The Labute approximate surface area is 209 Å².